The number of carbonyl (C=O) groups is 2. The van der Waals surface area contributed by atoms with Gasteiger partial charge in [-0.25, -0.2) is 0 Å². The van der Waals surface area contributed by atoms with Gasteiger partial charge in [-0.1, -0.05) is 28.1 Å². The van der Waals surface area contributed by atoms with Crippen LogP contribution in [0.15, 0.2) is 77.3 Å². The molecule has 0 saturated carbocycles. The standard InChI is InChI=1S/C22H19BrN2O3/c1-2-28-20-6-4-3-5-19(20)25-22(27)16-9-13-18(14-10-16)24-21(26)15-7-11-17(23)12-8-15/h3-14H,2H2,1H3,(H,24,26)(H,25,27). The highest BCUT2D eigenvalue weighted by Gasteiger charge is 2.11. The first-order valence-corrected chi connectivity index (χ1v) is 9.56. The van der Waals surface area contributed by atoms with E-state index in [1.165, 1.54) is 0 Å². The number of benzene rings is 3. The van der Waals surface area contributed by atoms with Gasteiger partial charge in [-0.05, 0) is 67.6 Å². The van der Waals surface area contributed by atoms with E-state index in [1.807, 2.05) is 31.2 Å². The van der Waals surface area contributed by atoms with Crippen LogP contribution in [0.25, 0.3) is 0 Å². The molecule has 6 heteroatoms. The Hall–Kier alpha value is -3.12. The largest absolute Gasteiger partial charge is 0.492 e. The highest BCUT2D eigenvalue weighted by molar-refractivity contribution is 9.10. The number of amides is 2. The molecule has 3 aromatic carbocycles. The van der Waals surface area contributed by atoms with Crippen LogP contribution in [0.5, 0.6) is 5.75 Å². The van der Waals surface area contributed by atoms with E-state index in [0.29, 0.717) is 34.9 Å². The molecule has 0 aliphatic heterocycles. The van der Waals surface area contributed by atoms with Crippen LogP contribution < -0.4 is 15.4 Å². The van der Waals surface area contributed by atoms with Gasteiger partial charge in [0, 0.05) is 21.3 Å². The number of carbonyl (C=O) groups excluding carboxylic acids is 2. The van der Waals surface area contributed by atoms with Gasteiger partial charge in [-0.2, -0.15) is 0 Å². The van der Waals surface area contributed by atoms with Gasteiger partial charge in [0.2, 0.25) is 0 Å². The number of rotatable bonds is 6. The van der Waals surface area contributed by atoms with Crippen molar-refractivity contribution in [2.24, 2.45) is 0 Å². The smallest absolute Gasteiger partial charge is 0.255 e. The second-order valence-electron chi connectivity index (χ2n) is 5.92. The van der Waals surface area contributed by atoms with Gasteiger partial charge in [0.15, 0.2) is 0 Å². The fraction of sp³-hybridized carbons (Fsp3) is 0.0909. The minimum atomic E-state index is -0.252. The molecule has 0 atom stereocenters. The van der Waals surface area contributed by atoms with Crippen molar-refractivity contribution in [3.05, 3.63) is 88.4 Å². The molecule has 0 aromatic heterocycles. The normalized spacial score (nSPS) is 10.2. The molecule has 0 fully saturated rings. The Morgan fingerprint density at radius 2 is 1.39 bits per heavy atom. The number of anilines is 2. The molecule has 2 N–H and O–H groups in total. The van der Waals surface area contributed by atoms with Crippen molar-refractivity contribution in [2.75, 3.05) is 17.2 Å². The van der Waals surface area contributed by atoms with Crippen molar-refractivity contribution in [1.82, 2.24) is 0 Å². The van der Waals surface area contributed by atoms with E-state index in [0.717, 1.165) is 4.47 Å². The molecule has 3 rings (SSSR count). The predicted molar refractivity (Wildman–Crippen MR) is 114 cm³/mol. The topological polar surface area (TPSA) is 67.4 Å². The van der Waals surface area contributed by atoms with Gasteiger partial charge in [0.1, 0.15) is 5.75 Å². The van der Waals surface area contributed by atoms with Gasteiger partial charge in [-0.3, -0.25) is 9.59 Å². The van der Waals surface area contributed by atoms with E-state index >= 15 is 0 Å². The lowest BCUT2D eigenvalue weighted by molar-refractivity contribution is 0.101. The summed E-state index contributed by atoms with van der Waals surface area (Å²) in [6.07, 6.45) is 0. The van der Waals surface area contributed by atoms with Crippen LogP contribution in [0.3, 0.4) is 0 Å². The fourth-order valence-electron chi connectivity index (χ4n) is 2.56. The zero-order chi connectivity index (χ0) is 19.9. The summed E-state index contributed by atoms with van der Waals surface area (Å²) in [5.74, 6) is 0.157. The lowest BCUT2D eigenvalue weighted by Crippen LogP contribution is -2.14. The molecule has 3 aromatic rings. The number of nitrogens with one attached hydrogen (secondary N) is 2. The fourth-order valence-corrected chi connectivity index (χ4v) is 2.82. The average Bonchev–Trinajstić information content (AvgIpc) is 2.70. The minimum absolute atomic E-state index is 0.213. The van der Waals surface area contributed by atoms with Gasteiger partial charge < -0.3 is 15.4 Å². The molecule has 0 radical (unpaired) electrons. The van der Waals surface area contributed by atoms with Crippen molar-refractivity contribution in [3.63, 3.8) is 0 Å². The molecule has 0 aliphatic carbocycles. The molecule has 0 unspecified atom stereocenters. The Bertz CT molecular complexity index is 970. The van der Waals surface area contributed by atoms with Crippen molar-refractivity contribution >= 4 is 39.1 Å². The van der Waals surface area contributed by atoms with Gasteiger partial charge in [0.05, 0.1) is 12.3 Å². The van der Waals surface area contributed by atoms with Crippen molar-refractivity contribution in [1.29, 1.82) is 0 Å². The highest BCUT2D eigenvalue weighted by atomic mass is 79.9. The van der Waals surface area contributed by atoms with Crippen LogP contribution in [0.1, 0.15) is 27.6 Å². The molecule has 2 amide bonds. The van der Waals surface area contributed by atoms with Crippen molar-refractivity contribution in [2.45, 2.75) is 6.92 Å². The van der Waals surface area contributed by atoms with Crippen LogP contribution in [-0.2, 0) is 0 Å². The molecule has 28 heavy (non-hydrogen) atoms. The first-order chi connectivity index (χ1) is 13.6. The first-order valence-electron chi connectivity index (χ1n) is 8.77. The molecule has 0 spiro atoms. The molecule has 142 valence electrons. The lowest BCUT2D eigenvalue weighted by atomic mass is 10.1. The summed E-state index contributed by atoms with van der Waals surface area (Å²) in [5, 5.41) is 5.66. The molecular weight excluding hydrogens is 420 g/mol. The van der Waals surface area contributed by atoms with Gasteiger partial charge in [0.25, 0.3) is 11.8 Å². The van der Waals surface area contributed by atoms with E-state index in [2.05, 4.69) is 26.6 Å². The van der Waals surface area contributed by atoms with E-state index in [4.69, 9.17) is 4.74 Å². The Labute approximate surface area is 171 Å². The van der Waals surface area contributed by atoms with Crippen molar-refractivity contribution < 1.29 is 14.3 Å². The second kappa shape index (κ2) is 9.19. The van der Waals surface area contributed by atoms with Crippen LogP contribution in [-0.4, -0.2) is 18.4 Å². The van der Waals surface area contributed by atoms with Crippen molar-refractivity contribution in [3.8, 4) is 5.75 Å². The third-order valence-corrected chi connectivity index (χ3v) is 4.48. The molecule has 0 bridgehead atoms. The minimum Gasteiger partial charge on any atom is -0.492 e. The zero-order valence-electron chi connectivity index (χ0n) is 15.2. The predicted octanol–water partition coefficient (Wildman–Crippen LogP) is 5.35. The summed E-state index contributed by atoms with van der Waals surface area (Å²) >= 11 is 3.34. The molecule has 0 heterocycles. The van der Waals surface area contributed by atoms with E-state index in [-0.39, 0.29) is 11.8 Å². The molecule has 0 aliphatic rings. The summed E-state index contributed by atoms with van der Waals surface area (Å²) in [7, 11) is 0. The summed E-state index contributed by atoms with van der Waals surface area (Å²) in [5.41, 5.74) is 2.26. The monoisotopic (exact) mass is 438 g/mol. The summed E-state index contributed by atoms with van der Waals surface area (Å²) in [6.45, 7) is 2.40. The quantitative estimate of drug-likeness (QED) is 0.544. The highest BCUT2D eigenvalue weighted by Crippen LogP contribution is 2.24. The zero-order valence-corrected chi connectivity index (χ0v) is 16.8. The maximum atomic E-state index is 12.5. The summed E-state index contributed by atoms with van der Waals surface area (Å²) in [6, 6.07) is 21.1. The van der Waals surface area contributed by atoms with Crippen LogP contribution in [0.4, 0.5) is 11.4 Å². The number of ether oxygens (including phenoxy) is 1. The summed E-state index contributed by atoms with van der Waals surface area (Å²) in [4.78, 5) is 24.8. The number of halogens is 1. The summed E-state index contributed by atoms with van der Waals surface area (Å²) < 4.78 is 6.43. The molecular formula is C22H19BrN2O3. The van der Waals surface area contributed by atoms with E-state index in [9.17, 15) is 9.59 Å². The van der Waals surface area contributed by atoms with Crippen LogP contribution >= 0.6 is 15.9 Å². The van der Waals surface area contributed by atoms with Crippen LogP contribution in [0.2, 0.25) is 0 Å². The third-order valence-electron chi connectivity index (χ3n) is 3.95. The number of hydrogen-bond donors (Lipinski definition) is 2. The number of para-hydroxylation sites is 2. The number of hydrogen-bond acceptors (Lipinski definition) is 3. The maximum Gasteiger partial charge on any atom is 0.255 e. The SMILES string of the molecule is CCOc1ccccc1NC(=O)c1ccc(NC(=O)c2ccc(Br)cc2)cc1. The molecule has 5 nitrogen and oxygen atoms in total. The Morgan fingerprint density at radius 3 is 2.04 bits per heavy atom. The average molecular weight is 439 g/mol. The first kappa shape index (κ1) is 19.6. The van der Waals surface area contributed by atoms with E-state index < -0.39 is 0 Å². The second-order valence-corrected chi connectivity index (χ2v) is 6.84. The third kappa shape index (κ3) is 4.98. The Balaban J connectivity index is 1.66. The Kier molecular flexibility index (Phi) is 6.45. The molecule has 0 saturated heterocycles. The van der Waals surface area contributed by atoms with Gasteiger partial charge >= 0.3 is 0 Å². The van der Waals surface area contributed by atoms with E-state index in [1.54, 1.807) is 48.5 Å². The maximum absolute atomic E-state index is 12.5. The van der Waals surface area contributed by atoms with Crippen LogP contribution in [0, 0.1) is 0 Å². The lowest BCUT2D eigenvalue weighted by Gasteiger charge is -2.11. The van der Waals surface area contributed by atoms with Gasteiger partial charge in [-0.15, -0.1) is 0 Å². The Morgan fingerprint density at radius 1 is 0.821 bits per heavy atom.